The van der Waals surface area contributed by atoms with Gasteiger partial charge in [0.25, 0.3) is 0 Å². The van der Waals surface area contributed by atoms with Crippen molar-refractivity contribution in [3.63, 3.8) is 0 Å². The van der Waals surface area contributed by atoms with Crippen molar-refractivity contribution >= 4 is 21.6 Å². The molecule has 1 atom stereocenters. The lowest BCUT2D eigenvalue weighted by atomic mass is 9.89. The van der Waals surface area contributed by atoms with Gasteiger partial charge in [0.05, 0.1) is 24.6 Å². The number of hydrogen-bond donors (Lipinski definition) is 1. The Hall–Kier alpha value is -2.54. The van der Waals surface area contributed by atoms with Crippen molar-refractivity contribution in [2.24, 2.45) is 0 Å². The van der Waals surface area contributed by atoms with E-state index in [9.17, 15) is 13.2 Å². The van der Waals surface area contributed by atoms with E-state index >= 15 is 0 Å². The number of hydrogen-bond acceptors (Lipinski definition) is 4. The average molecular weight is 431 g/mol. The molecule has 0 bridgehead atoms. The molecule has 0 unspecified atom stereocenters. The molecule has 162 valence electrons. The molecule has 2 aromatic carbocycles. The number of amides is 1. The fourth-order valence-corrected chi connectivity index (χ4v) is 4.67. The summed E-state index contributed by atoms with van der Waals surface area (Å²) >= 11 is 0. The lowest BCUT2D eigenvalue weighted by Crippen LogP contribution is -2.41. The highest BCUT2D eigenvalue weighted by Crippen LogP contribution is 2.26. The molecule has 0 aliphatic heterocycles. The van der Waals surface area contributed by atoms with Crippen LogP contribution in [0, 0.1) is 0 Å². The van der Waals surface area contributed by atoms with Crippen molar-refractivity contribution in [3.8, 4) is 5.75 Å². The van der Waals surface area contributed by atoms with Gasteiger partial charge in [-0.15, -0.1) is 0 Å². The average Bonchev–Trinajstić information content (AvgIpc) is 2.71. The number of sulfonamides is 1. The van der Waals surface area contributed by atoms with Gasteiger partial charge >= 0.3 is 0 Å². The standard InChI is InChI=1S/C23H30N2O4S/c1-4-29-22-11-7-10-21(15-22)25(30(3,27)28)16-23(26)24-17(2)19-13-12-18-8-5-6-9-20(18)14-19/h7,10-15,17H,4-6,8-9,16H2,1-3H3,(H,24,26)/t17-/m0/s1. The number of nitrogens with zero attached hydrogens (tertiary/aromatic N) is 1. The number of carbonyl (C=O) groups is 1. The van der Waals surface area contributed by atoms with Crippen LogP contribution in [0.4, 0.5) is 5.69 Å². The van der Waals surface area contributed by atoms with E-state index in [0.29, 0.717) is 18.0 Å². The monoisotopic (exact) mass is 430 g/mol. The quantitative estimate of drug-likeness (QED) is 0.694. The van der Waals surface area contributed by atoms with Crippen molar-refractivity contribution in [1.82, 2.24) is 5.32 Å². The highest BCUT2D eigenvalue weighted by Gasteiger charge is 2.22. The number of rotatable bonds is 8. The number of fused-ring (bicyclic) bond motifs is 1. The van der Waals surface area contributed by atoms with E-state index in [0.717, 1.165) is 29.0 Å². The van der Waals surface area contributed by atoms with Gasteiger partial charge in [0.1, 0.15) is 12.3 Å². The van der Waals surface area contributed by atoms with Crippen LogP contribution < -0.4 is 14.4 Å². The van der Waals surface area contributed by atoms with Crippen LogP contribution in [0.3, 0.4) is 0 Å². The predicted octanol–water partition coefficient (Wildman–Crippen LogP) is 3.61. The molecule has 1 aliphatic carbocycles. The van der Waals surface area contributed by atoms with Crippen LogP contribution >= 0.6 is 0 Å². The van der Waals surface area contributed by atoms with Gasteiger partial charge in [-0.3, -0.25) is 9.10 Å². The Labute approximate surface area is 179 Å². The van der Waals surface area contributed by atoms with Crippen molar-refractivity contribution in [2.45, 2.75) is 45.6 Å². The normalized spacial score (nSPS) is 14.5. The summed E-state index contributed by atoms with van der Waals surface area (Å²) in [6.45, 7) is 3.96. The topological polar surface area (TPSA) is 75.7 Å². The zero-order valence-corrected chi connectivity index (χ0v) is 18.7. The molecule has 1 N–H and O–H groups in total. The maximum Gasteiger partial charge on any atom is 0.241 e. The second kappa shape index (κ2) is 9.51. The Morgan fingerprint density at radius 2 is 1.87 bits per heavy atom. The molecule has 6 nitrogen and oxygen atoms in total. The van der Waals surface area contributed by atoms with Crippen LogP contribution in [-0.2, 0) is 27.7 Å². The summed E-state index contributed by atoms with van der Waals surface area (Å²) in [5.41, 5.74) is 4.18. The molecule has 0 spiro atoms. The van der Waals surface area contributed by atoms with E-state index in [4.69, 9.17) is 4.74 Å². The van der Waals surface area contributed by atoms with Crippen LogP contribution in [0.2, 0.25) is 0 Å². The van der Waals surface area contributed by atoms with Gasteiger partial charge in [-0.25, -0.2) is 8.42 Å². The van der Waals surface area contributed by atoms with Gasteiger partial charge < -0.3 is 10.1 Å². The summed E-state index contributed by atoms with van der Waals surface area (Å²) in [6, 6.07) is 12.9. The first-order valence-electron chi connectivity index (χ1n) is 10.4. The van der Waals surface area contributed by atoms with E-state index in [2.05, 4.69) is 23.5 Å². The van der Waals surface area contributed by atoms with Crippen molar-refractivity contribution in [2.75, 3.05) is 23.7 Å². The molecule has 2 aromatic rings. The number of carbonyl (C=O) groups excluding carboxylic acids is 1. The largest absolute Gasteiger partial charge is 0.494 e. The molecule has 30 heavy (non-hydrogen) atoms. The Morgan fingerprint density at radius 3 is 2.57 bits per heavy atom. The summed E-state index contributed by atoms with van der Waals surface area (Å²) in [5, 5.41) is 2.94. The molecule has 0 heterocycles. The van der Waals surface area contributed by atoms with E-state index in [1.165, 1.54) is 24.0 Å². The van der Waals surface area contributed by atoms with Crippen LogP contribution in [0.25, 0.3) is 0 Å². The zero-order valence-electron chi connectivity index (χ0n) is 17.8. The fraction of sp³-hybridized carbons (Fsp3) is 0.435. The summed E-state index contributed by atoms with van der Waals surface area (Å²) in [6.07, 6.45) is 5.70. The minimum absolute atomic E-state index is 0.208. The molecule has 0 fully saturated rings. The van der Waals surface area contributed by atoms with Gasteiger partial charge in [0, 0.05) is 6.07 Å². The zero-order chi connectivity index (χ0) is 21.7. The van der Waals surface area contributed by atoms with Crippen molar-refractivity contribution in [3.05, 3.63) is 59.2 Å². The van der Waals surface area contributed by atoms with Crippen LogP contribution in [0.1, 0.15) is 49.4 Å². The molecule has 0 aromatic heterocycles. The molecule has 1 aliphatic rings. The number of anilines is 1. The SMILES string of the molecule is CCOc1cccc(N(CC(=O)N[C@@H](C)c2ccc3c(c2)CCCC3)S(C)(=O)=O)c1. The highest BCUT2D eigenvalue weighted by atomic mass is 32.2. The maximum atomic E-state index is 12.7. The first-order chi connectivity index (χ1) is 14.3. The Kier molecular flexibility index (Phi) is 7.02. The van der Waals surface area contributed by atoms with Gasteiger partial charge in [-0.1, -0.05) is 24.3 Å². The van der Waals surface area contributed by atoms with Gasteiger partial charge in [0.2, 0.25) is 15.9 Å². The second-order valence-electron chi connectivity index (χ2n) is 7.72. The Balaban J connectivity index is 1.72. The van der Waals surface area contributed by atoms with Crippen LogP contribution in [0.5, 0.6) is 5.75 Å². The smallest absolute Gasteiger partial charge is 0.241 e. The van der Waals surface area contributed by atoms with E-state index in [-0.39, 0.29) is 18.5 Å². The molecular weight excluding hydrogens is 400 g/mol. The summed E-state index contributed by atoms with van der Waals surface area (Å²) in [5.74, 6) is 0.207. The third-order valence-electron chi connectivity index (χ3n) is 5.35. The summed E-state index contributed by atoms with van der Waals surface area (Å²) in [4.78, 5) is 12.7. The van der Waals surface area contributed by atoms with E-state index < -0.39 is 10.0 Å². The molecular formula is C23H30N2O4S. The number of aryl methyl sites for hydroxylation is 2. The summed E-state index contributed by atoms with van der Waals surface area (Å²) < 4.78 is 31.3. The molecule has 0 radical (unpaired) electrons. The highest BCUT2D eigenvalue weighted by molar-refractivity contribution is 7.92. The summed E-state index contributed by atoms with van der Waals surface area (Å²) in [7, 11) is -3.64. The Morgan fingerprint density at radius 1 is 1.13 bits per heavy atom. The Bertz CT molecular complexity index is 1000. The molecule has 0 saturated heterocycles. The van der Waals surface area contributed by atoms with Crippen molar-refractivity contribution < 1.29 is 17.9 Å². The fourth-order valence-electron chi connectivity index (χ4n) is 3.82. The molecule has 0 saturated carbocycles. The molecule has 1 amide bonds. The third-order valence-corrected chi connectivity index (χ3v) is 6.49. The molecule has 7 heteroatoms. The minimum atomic E-state index is -3.64. The number of ether oxygens (including phenoxy) is 1. The van der Waals surface area contributed by atoms with Gasteiger partial charge in [-0.2, -0.15) is 0 Å². The number of nitrogens with one attached hydrogen (secondary N) is 1. The second-order valence-corrected chi connectivity index (χ2v) is 9.63. The van der Waals surface area contributed by atoms with E-state index in [1.54, 1.807) is 24.3 Å². The lowest BCUT2D eigenvalue weighted by Gasteiger charge is -2.24. The lowest BCUT2D eigenvalue weighted by molar-refractivity contribution is -0.120. The van der Waals surface area contributed by atoms with Crippen LogP contribution in [0.15, 0.2) is 42.5 Å². The molecule has 3 rings (SSSR count). The first-order valence-corrected chi connectivity index (χ1v) is 12.2. The number of benzene rings is 2. The van der Waals surface area contributed by atoms with E-state index in [1.807, 2.05) is 13.8 Å². The maximum absolute atomic E-state index is 12.7. The minimum Gasteiger partial charge on any atom is -0.494 e. The van der Waals surface area contributed by atoms with Crippen molar-refractivity contribution in [1.29, 1.82) is 0 Å². The first kappa shape index (κ1) is 22.2. The third kappa shape index (κ3) is 5.53. The van der Waals surface area contributed by atoms with Gasteiger partial charge in [0.15, 0.2) is 0 Å². The predicted molar refractivity (Wildman–Crippen MR) is 119 cm³/mol. The van der Waals surface area contributed by atoms with Crippen LogP contribution in [-0.4, -0.2) is 33.7 Å². The van der Waals surface area contributed by atoms with Gasteiger partial charge in [-0.05, 0) is 68.4 Å².